The van der Waals surface area contributed by atoms with E-state index in [4.69, 9.17) is 4.74 Å². The maximum Gasteiger partial charge on any atom is 0.129 e. The van der Waals surface area contributed by atoms with Crippen molar-refractivity contribution in [3.63, 3.8) is 0 Å². The molecule has 0 amide bonds. The van der Waals surface area contributed by atoms with Crippen molar-refractivity contribution >= 4 is 0 Å². The highest BCUT2D eigenvalue weighted by molar-refractivity contribution is 5.11. The average Bonchev–Trinajstić information content (AvgIpc) is 2.38. The van der Waals surface area contributed by atoms with Crippen LogP contribution in [-0.4, -0.2) is 34.6 Å². The van der Waals surface area contributed by atoms with E-state index in [0.29, 0.717) is 6.61 Å². The Labute approximate surface area is 66.3 Å². The molecule has 2 heterocycles. The standard InChI is InChI=1S/C8H13NO2/c1-8(2)9-6(5-11-8)3-4-7(9)10/h3-4,6-7,10H,5H2,1-2H3/t6-,7?/m0/s1. The number of rotatable bonds is 0. The molecule has 11 heavy (non-hydrogen) atoms. The van der Waals surface area contributed by atoms with Crippen LogP contribution in [0.15, 0.2) is 12.2 Å². The summed E-state index contributed by atoms with van der Waals surface area (Å²) in [5, 5.41) is 9.49. The molecule has 0 spiro atoms. The van der Waals surface area contributed by atoms with E-state index in [0.717, 1.165) is 0 Å². The van der Waals surface area contributed by atoms with Gasteiger partial charge >= 0.3 is 0 Å². The van der Waals surface area contributed by atoms with Crippen molar-refractivity contribution in [2.75, 3.05) is 6.61 Å². The average molecular weight is 155 g/mol. The summed E-state index contributed by atoms with van der Waals surface area (Å²) in [6, 6.07) is 0.278. The van der Waals surface area contributed by atoms with Crippen molar-refractivity contribution in [3.05, 3.63) is 12.2 Å². The molecule has 2 aliphatic heterocycles. The number of hydrogen-bond acceptors (Lipinski definition) is 3. The molecule has 0 aromatic rings. The van der Waals surface area contributed by atoms with Crippen molar-refractivity contribution < 1.29 is 9.84 Å². The molecule has 2 atom stereocenters. The molecule has 0 aromatic carbocycles. The quantitative estimate of drug-likeness (QED) is 0.511. The van der Waals surface area contributed by atoms with Gasteiger partial charge in [-0.2, -0.15) is 0 Å². The Balaban J connectivity index is 2.25. The van der Waals surface area contributed by atoms with Crippen LogP contribution in [0.2, 0.25) is 0 Å². The predicted molar refractivity (Wildman–Crippen MR) is 40.8 cm³/mol. The molecule has 2 aliphatic rings. The first kappa shape index (κ1) is 7.28. The van der Waals surface area contributed by atoms with Crippen molar-refractivity contribution in [1.82, 2.24) is 4.90 Å². The van der Waals surface area contributed by atoms with E-state index in [1.807, 2.05) is 30.9 Å². The van der Waals surface area contributed by atoms with Crippen LogP contribution in [0.3, 0.4) is 0 Å². The first-order chi connectivity index (χ1) is 5.11. The monoisotopic (exact) mass is 155 g/mol. The highest BCUT2D eigenvalue weighted by Gasteiger charge is 2.44. The SMILES string of the molecule is CC1(C)OC[C@@H]2C=CC(O)N21. The van der Waals surface area contributed by atoms with E-state index in [-0.39, 0.29) is 11.8 Å². The van der Waals surface area contributed by atoms with Gasteiger partial charge in [-0.05, 0) is 19.9 Å². The summed E-state index contributed by atoms with van der Waals surface area (Å²) in [7, 11) is 0. The van der Waals surface area contributed by atoms with E-state index in [1.165, 1.54) is 0 Å². The minimum Gasteiger partial charge on any atom is -0.375 e. The van der Waals surface area contributed by atoms with Gasteiger partial charge in [0, 0.05) is 0 Å². The van der Waals surface area contributed by atoms with Gasteiger partial charge in [-0.1, -0.05) is 6.08 Å². The molecule has 0 aliphatic carbocycles. The van der Waals surface area contributed by atoms with Crippen LogP contribution in [0.5, 0.6) is 0 Å². The van der Waals surface area contributed by atoms with Crippen LogP contribution in [0.25, 0.3) is 0 Å². The molecule has 3 heteroatoms. The van der Waals surface area contributed by atoms with Crippen LogP contribution in [0.1, 0.15) is 13.8 Å². The van der Waals surface area contributed by atoms with Gasteiger partial charge in [-0.25, -0.2) is 4.90 Å². The van der Waals surface area contributed by atoms with Gasteiger partial charge < -0.3 is 9.84 Å². The summed E-state index contributed by atoms with van der Waals surface area (Å²) in [6.45, 7) is 4.65. The Morgan fingerprint density at radius 3 is 2.91 bits per heavy atom. The van der Waals surface area contributed by atoms with Crippen LogP contribution >= 0.6 is 0 Å². The minimum absolute atomic E-state index is 0.278. The molecule has 3 nitrogen and oxygen atoms in total. The lowest BCUT2D eigenvalue weighted by atomic mass is 10.2. The van der Waals surface area contributed by atoms with Gasteiger partial charge in [0.05, 0.1) is 12.6 Å². The third-order valence-electron chi connectivity index (χ3n) is 2.38. The Bertz CT molecular complexity index is 200. The largest absolute Gasteiger partial charge is 0.375 e. The smallest absolute Gasteiger partial charge is 0.129 e. The predicted octanol–water partition coefficient (Wildman–Crippen LogP) is 0.311. The normalized spacial score (nSPS) is 41.4. The second-order valence-electron chi connectivity index (χ2n) is 3.53. The summed E-state index contributed by atoms with van der Waals surface area (Å²) >= 11 is 0. The number of aliphatic hydroxyl groups excluding tert-OH is 1. The summed E-state index contributed by atoms with van der Waals surface area (Å²) in [6.07, 6.45) is 3.35. The Morgan fingerprint density at radius 1 is 1.55 bits per heavy atom. The Hall–Kier alpha value is -0.380. The number of fused-ring (bicyclic) bond motifs is 1. The lowest BCUT2D eigenvalue weighted by Gasteiger charge is -2.31. The zero-order valence-electron chi connectivity index (χ0n) is 6.82. The molecular weight excluding hydrogens is 142 g/mol. The van der Waals surface area contributed by atoms with E-state index in [2.05, 4.69) is 0 Å². The van der Waals surface area contributed by atoms with Gasteiger partial charge in [0.2, 0.25) is 0 Å². The fourth-order valence-corrected chi connectivity index (χ4v) is 1.83. The topological polar surface area (TPSA) is 32.7 Å². The lowest BCUT2D eigenvalue weighted by Crippen LogP contribution is -2.46. The molecule has 0 aromatic heterocycles. The molecule has 1 N–H and O–H groups in total. The van der Waals surface area contributed by atoms with Crippen molar-refractivity contribution in [1.29, 1.82) is 0 Å². The third kappa shape index (κ3) is 0.922. The van der Waals surface area contributed by atoms with Crippen molar-refractivity contribution in [3.8, 4) is 0 Å². The summed E-state index contributed by atoms with van der Waals surface area (Å²) in [5.41, 5.74) is -0.312. The van der Waals surface area contributed by atoms with Crippen LogP contribution in [0.4, 0.5) is 0 Å². The highest BCUT2D eigenvalue weighted by atomic mass is 16.5. The summed E-state index contributed by atoms with van der Waals surface area (Å²) < 4.78 is 5.49. The molecule has 1 fully saturated rings. The van der Waals surface area contributed by atoms with Crippen LogP contribution in [0, 0.1) is 0 Å². The fraction of sp³-hybridized carbons (Fsp3) is 0.750. The minimum atomic E-state index is -0.461. The van der Waals surface area contributed by atoms with Gasteiger partial charge in [-0.3, -0.25) is 0 Å². The Kier molecular flexibility index (Phi) is 1.36. The van der Waals surface area contributed by atoms with Crippen LogP contribution < -0.4 is 0 Å². The van der Waals surface area contributed by atoms with E-state index >= 15 is 0 Å². The summed E-state index contributed by atoms with van der Waals surface area (Å²) in [5.74, 6) is 0. The zero-order chi connectivity index (χ0) is 8.06. The molecular formula is C8H13NO2. The van der Waals surface area contributed by atoms with Gasteiger partial charge in [0.15, 0.2) is 0 Å². The van der Waals surface area contributed by atoms with Crippen molar-refractivity contribution in [2.24, 2.45) is 0 Å². The fourth-order valence-electron chi connectivity index (χ4n) is 1.83. The molecule has 1 unspecified atom stereocenters. The summed E-state index contributed by atoms with van der Waals surface area (Å²) in [4.78, 5) is 1.97. The molecule has 1 saturated heterocycles. The van der Waals surface area contributed by atoms with Gasteiger partial charge in [0.1, 0.15) is 12.0 Å². The number of aliphatic hydroxyl groups is 1. The van der Waals surface area contributed by atoms with Gasteiger partial charge in [0.25, 0.3) is 0 Å². The third-order valence-corrected chi connectivity index (χ3v) is 2.38. The first-order valence-corrected chi connectivity index (χ1v) is 3.90. The second kappa shape index (κ2) is 2.06. The Morgan fingerprint density at radius 2 is 2.27 bits per heavy atom. The maximum atomic E-state index is 9.49. The number of hydrogen-bond donors (Lipinski definition) is 1. The molecule has 0 radical (unpaired) electrons. The van der Waals surface area contributed by atoms with Crippen LogP contribution in [-0.2, 0) is 4.74 Å². The highest BCUT2D eigenvalue weighted by Crippen LogP contribution is 2.33. The molecule has 0 saturated carbocycles. The molecule has 2 rings (SSSR count). The first-order valence-electron chi connectivity index (χ1n) is 3.90. The maximum absolute atomic E-state index is 9.49. The van der Waals surface area contributed by atoms with Crippen molar-refractivity contribution in [2.45, 2.75) is 31.8 Å². The van der Waals surface area contributed by atoms with E-state index in [9.17, 15) is 5.11 Å². The molecule has 62 valence electrons. The number of ether oxygens (including phenoxy) is 1. The lowest BCUT2D eigenvalue weighted by molar-refractivity contribution is -0.104. The number of nitrogens with zero attached hydrogens (tertiary/aromatic N) is 1. The zero-order valence-corrected chi connectivity index (χ0v) is 6.82. The second-order valence-corrected chi connectivity index (χ2v) is 3.53. The van der Waals surface area contributed by atoms with Gasteiger partial charge in [-0.15, -0.1) is 0 Å². The molecule has 0 bridgehead atoms. The van der Waals surface area contributed by atoms with E-state index < -0.39 is 6.23 Å². The van der Waals surface area contributed by atoms with E-state index in [1.54, 1.807) is 0 Å².